The molecule has 1 amide bonds. The highest BCUT2D eigenvalue weighted by molar-refractivity contribution is 14.1. The number of carbonyl (C=O) groups is 1. The third kappa shape index (κ3) is 8.06. The third-order valence-corrected chi connectivity index (χ3v) is 1.50. The fourth-order valence-electron chi connectivity index (χ4n) is 0.480. The lowest BCUT2D eigenvalue weighted by Gasteiger charge is -2.06. The highest BCUT2D eigenvalue weighted by Gasteiger charge is 2.00. The highest BCUT2D eigenvalue weighted by Crippen LogP contribution is 1.86. The van der Waals surface area contributed by atoms with Crippen molar-refractivity contribution in [2.24, 2.45) is 0 Å². The van der Waals surface area contributed by atoms with E-state index in [1.807, 2.05) is 13.8 Å². The van der Waals surface area contributed by atoms with E-state index in [4.69, 9.17) is 4.74 Å². The van der Waals surface area contributed by atoms with Crippen molar-refractivity contribution in [3.8, 4) is 0 Å². The van der Waals surface area contributed by atoms with Crippen LogP contribution in [0.4, 0.5) is 0 Å². The lowest BCUT2D eigenvalue weighted by atomic mass is 10.5. The Bertz CT molecular complexity index is 117. The lowest BCUT2D eigenvalue weighted by Crippen LogP contribution is -2.30. The Morgan fingerprint density at radius 3 is 2.73 bits per heavy atom. The van der Waals surface area contributed by atoms with Gasteiger partial charge in [0.05, 0.1) is 6.10 Å². The molecule has 11 heavy (non-hydrogen) atoms. The van der Waals surface area contributed by atoms with Crippen LogP contribution in [0.5, 0.6) is 0 Å². The minimum Gasteiger partial charge on any atom is -0.369 e. The molecule has 0 bridgehead atoms. The maximum atomic E-state index is 10.9. The van der Waals surface area contributed by atoms with E-state index in [0.29, 0.717) is 0 Å². The van der Waals surface area contributed by atoms with Crippen LogP contribution in [-0.4, -0.2) is 29.6 Å². The molecule has 0 radical (unpaired) electrons. The van der Waals surface area contributed by atoms with E-state index in [9.17, 15) is 4.79 Å². The molecular weight excluding hydrogens is 257 g/mol. The molecule has 0 heterocycles. The van der Waals surface area contributed by atoms with Crippen molar-refractivity contribution in [3.05, 3.63) is 0 Å². The molecule has 0 aliphatic carbocycles. The minimum atomic E-state index is -0.0321. The van der Waals surface area contributed by atoms with Gasteiger partial charge in [-0.1, -0.05) is 22.6 Å². The summed E-state index contributed by atoms with van der Waals surface area (Å²) in [6.45, 7) is 4.71. The van der Waals surface area contributed by atoms with Gasteiger partial charge in [-0.15, -0.1) is 0 Å². The first-order chi connectivity index (χ1) is 5.16. The van der Waals surface area contributed by atoms with Crippen LogP contribution in [-0.2, 0) is 9.53 Å². The number of rotatable bonds is 5. The van der Waals surface area contributed by atoms with Crippen LogP contribution in [0.2, 0.25) is 0 Å². The topological polar surface area (TPSA) is 38.3 Å². The molecule has 66 valence electrons. The van der Waals surface area contributed by atoms with Crippen molar-refractivity contribution < 1.29 is 9.53 Å². The first-order valence-electron chi connectivity index (χ1n) is 3.61. The minimum absolute atomic E-state index is 0.0321. The number of amides is 1. The Balaban J connectivity index is 3.23. The van der Waals surface area contributed by atoms with E-state index in [1.165, 1.54) is 0 Å². The summed E-state index contributed by atoms with van der Waals surface area (Å²) in [5.74, 6) is -0.0321. The standard InChI is InChI=1S/C7H14INO2/c1-6(2)11-5-7(10)9-4-3-8/h6H,3-5H2,1-2H3,(H,9,10). The third-order valence-electron chi connectivity index (χ3n) is 0.964. The van der Waals surface area contributed by atoms with Crippen LogP contribution in [0.3, 0.4) is 0 Å². The monoisotopic (exact) mass is 271 g/mol. The molecule has 3 nitrogen and oxygen atoms in total. The zero-order valence-corrected chi connectivity index (χ0v) is 9.05. The van der Waals surface area contributed by atoms with Gasteiger partial charge < -0.3 is 10.1 Å². The average Bonchev–Trinajstić information content (AvgIpc) is 1.97. The Labute approximate surface area is 81.0 Å². The van der Waals surface area contributed by atoms with E-state index >= 15 is 0 Å². The van der Waals surface area contributed by atoms with Crippen molar-refractivity contribution in [1.29, 1.82) is 0 Å². The maximum absolute atomic E-state index is 10.9. The fourth-order valence-corrected chi connectivity index (χ4v) is 0.750. The molecule has 0 aliphatic heterocycles. The number of hydrogen-bond acceptors (Lipinski definition) is 2. The van der Waals surface area contributed by atoms with Crippen LogP contribution >= 0.6 is 22.6 Å². The number of ether oxygens (including phenoxy) is 1. The molecule has 0 rings (SSSR count). The van der Waals surface area contributed by atoms with Gasteiger partial charge in [-0.2, -0.15) is 0 Å². The van der Waals surface area contributed by atoms with Gasteiger partial charge >= 0.3 is 0 Å². The highest BCUT2D eigenvalue weighted by atomic mass is 127. The zero-order valence-electron chi connectivity index (χ0n) is 6.89. The number of carbonyl (C=O) groups excluding carboxylic acids is 1. The van der Waals surface area contributed by atoms with Crippen LogP contribution in [0.25, 0.3) is 0 Å². The average molecular weight is 271 g/mol. The van der Waals surface area contributed by atoms with Crippen LogP contribution in [0.15, 0.2) is 0 Å². The summed E-state index contributed by atoms with van der Waals surface area (Å²) >= 11 is 2.21. The van der Waals surface area contributed by atoms with Crippen LogP contribution in [0.1, 0.15) is 13.8 Å². The Morgan fingerprint density at radius 2 is 2.27 bits per heavy atom. The van der Waals surface area contributed by atoms with Crippen molar-refractivity contribution in [2.45, 2.75) is 20.0 Å². The summed E-state index contributed by atoms with van der Waals surface area (Å²) in [5, 5.41) is 2.72. The second-order valence-corrected chi connectivity index (χ2v) is 3.48. The molecule has 0 saturated carbocycles. The van der Waals surface area contributed by atoms with E-state index in [1.54, 1.807) is 0 Å². The van der Waals surface area contributed by atoms with Crippen LogP contribution < -0.4 is 5.32 Å². The molecule has 0 aromatic rings. The normalized spacial score (nSPS) is 10.2. The quantitative estimate of drug-likeness (QED) is 0.597. The molecule has 0 unspecified atom stereocenters. The largest absolute Gasteiger partial charge is 0.369 e. The first kappa shape index (κ1) is 11.2. The number of halogens is 1. The summed E-state index contributed by atoms with van der Waals surface area (Å²) in [4.78, 5) is 10.9. The molecule has 0 aromatic heterocycles. The summed E-state index contributed by atoms with van der Waals surface area (Å²) < 4.78 is 6.02. The van der Waals surface area contributed by atoms with Gasteiger partial charge in [0.1, 0.15) is 6.61 Å². The molecule has 0 spiro atoms. The second-order valence-electron chi connectivity index (χ2n) is 2.40. The van der Waals surface area contributed by atoms with Gasteiger partial charge in [0.2, 0.25) is 5.91 Å². The van der Waals surface area contributed by atoms with Crippen LogP contribution in [0, 0.1) is 0 Å². The van der Waals surface area contributed by atoms with Gasteiger partial charge in [-0.25, -0.2) is 0 Å². The molecule has 4 heteroatoms. The van der Waals surface area contributed by atoms with E-state index in [2.05, 4.69) is 27.9 Å². The summed E-state index contributed by atoms with van der Waals surface area (Å²) in [6, 6.07) is 0. The van der Waals surface area contributed by atoms with Crippen molar-refractivity contribution in [2.75, 3.05) is 17.6 Å². The van der Waals surface area contributed by atoms with Crippen molar-refractivity contribution in [3.63, 3.8) is 0 Å². The molecule has 0 atom stereocenters. The molecular formula is C7H14INO2. The molecule has 0 aliphatic rings. The Kier molecular flexibility index (Phi) is 6.94. The predicted molar refractivity (Wildman–Crippen MR) is 53.0 cm³/mol. The number of alkyl halides is 1. The molecule has 0 aromatic carbocycles. The fraction of sp³-hybridized carbons (Fsp3) is 0.857. The second kappa shape index (κ2) is 6.84. The molecule has 0 fully saturated rings. The van der Waals surface area contributed by atoms with E-state index in [-0.39, 0.29) is 18.6 Å². The van der Waals surface area contributed by atoms with Crippen molar-refractivity contribution in [1.82, 2.24) is 5.32 Å². The molecule has 0 saturated heterocycles. The lowest BCUT2D eigenvalue weighted by molar-refractivity contribution is -0.126. The van der Waals surface area contributed by atoms with Crippen molar-refractivity contribution >= 4 is 28.5 Å². The van der Waals surface area contributed by atoms with Gasteiger partial charge in [0.25, 0.3) is 0 Å². The number of nitrogens with one attached hydrogen (secondary N) is 1. The van der Waals surface area contributed by atoms with E-state index in [0.717, 1.165) is 11.0 Å². The van der Waals surface area contributed by atoms with Gasteiger partial charge in [-0.05, 0) is 13.8 Å². The SMILES string of the molecule is CC(C)OCC(=O)NCCI. The summed E-state index contributed by atoms with van der Waals surface area (Å²) in [6.07, 6.45) is 0.125. The van der Waals surface area contributed by atoms with Gasteiger partial charge in [0, 0.05) is 11.0 Å². The van der Waals surface area contributed by atoms with Gasteiger partial charge in [0.15, 0.2) is 0 Å². The predicted octanol–water partition coefficient (Wildman–Crippen LogP) is 0.963. The summed E-state index contributed by atoms with van der Waals surface area (Å²) in [5.41, 5.74) is 0. The smallest absolute Gasteiger partial charge is 0.246 e. The molecule has 1 N–H and O–H groups in total. The Morgan fingerprint density at radius 1 is 1.64 bits per heavy atom. The maximum Gasteiger partial charge on any atom is 0.246 e. The van der Waals surface area contributed by atoms with Gasteiger partial charge in [-0.3, -0.25) is 4.79 Å². The van der Waals surface area contributed by atoms with E-state index < -0.39 is 0 Å². The Hall–Kier alpha value is 0.160. The number of hydrogen-bond donors (Lipinski definition) is 1. The zero-order chi connectivity index (χ0) is 8.69. The summed E-state index contributed by atoms with van der Waals surface area (Å²) in [7, 11) is 0. The first-order valence-corrected chi connectivity index (χ1v) is 5.13.